The summed E-state index contributed by atoms with van der Waals surface area (Å²) in [6, 6.07) is 51.8. The zero-order valence-electron chi connectivity index (χ0n) is 23.2. The molecule has 0 aliphatic heterocycles. The van der Waals surface area contributed by atoms with Crippen molar-refractivity contribution in [2.45, 2.75) is 0 Å². The van der Waals surface area contributed by atoms with Crippen LogP contribution in [0.15, 0.2) is 146 Å². The lowest BCUT2D eigenvalue weighted by Crippen LogP contribution is -1.98. The number of thiophene rings is 1. The zero-order valence-corrected chi connectivity index (χ0v) is 24.0. The molecule has 3 heteroatoms. The van der Waals surface area contributed by atoms with Gasteiger partial charge in [0.05, 0.1) is 11.4 Å². The summed E-state index contributed by atoms with van der Waals surface area (Å²) < 4.78 is 2.54. The van der Waals surface area contributed by atoms with Crippen molar-refractivity contribution in [2.75, 3.05) is 0 Å². The summed E-state index contributed by atoms with van der Waals surface area (Å²) in [5.74, 6) is 0.742. The summed E-state index contributed by atoms with van der Waals surface area (Å²) in [5.41, 5.74) is 5.13. The predicted molar refractivity (Wildman–Crippen MR) is 184 cm³/mol. The first-order chi connectivity index (χ1) is 21.3. The number of nitrogens with zero attached hydrogens (tertiary/aromatic N) is 2. The summed E-state index contributed by atoms with van der Waals surface area (Å²) in [6.07, 6.45) is 0. The van der Waals surface area contributed by atoms with Crippen LogP contribution < -0.4 is 0 Å². The molecule has 0 aliphatic rings. The first kappa shape index (κ1) is 24.2. The van der Waals surface area contributed by atoms with Crippen LogP contribution in [0.2, 0.25) is 0 Å². The Morgan fingerprint density at radius 2 is 1.12 bits per heavy atom. The van der Waals surface area contributed by atoms with Crippen LogP contribution in [0.4, 0.5) is 0 Å². The predicted octanol–water partition coefficient (Wildman–Crippen LogP) is 11.3. The molecule has 0 fully saturated rings. The average Bonchev–Trinajstić information content (AvgIpc) is 3.46. The van der Waals surface area contributed by atoms with Gasteiger partial charge in [-0.3, -0.25) is 0 Å². The summed E-state index contributed by atoms with van der Waals surface area (Å²) in [6.45, 7) is 0. The van der Waals surface area contributed by atoms with Crippen molar-refractivity contribution in [2.24, 2.45) is 0 Å². The number of hydrogen-bond donors (Lipinski definition) is 0. The number of aromatic nitrogens is 2. The molecular weight excluding hydrogens is 541 g/mol. The third-order valence-electron chi connectivity index (χ3n) is 8.47. The van der Waals surface area contributed by atoms with E-state index in [1.807, 2.05) is 17.4 Å². The van der Waals surface area contributed by atoms with Crippen LogP contribution in [0.5, 0.6) is 0 Å². The molecular formula is C40H24N2S. The van der Waals surface area contributed by atoms with Crippen molar-refractivity contribution < 1.29 is 0 Å². The van der Waals surface area contributed by atoms with Crippen LogP contribution in [0, 0.1) is 0 Å². The minimum absolute atomic E-state index is 0.742. The number of benzene rings is 7. The van der Waals surface area contributed by atoms with Crippen LogP contribution in [-0.4, -0.2) is 9.97 Å². The van der Waals surface area contributed by atoms with E-state index in [4.69, 9.17) is 9.97 Å². The molecule has 2 aromatic heterocycles. The zero-order chi connectivity index (χ0) is 28.3. The Kier molecular flexibility index (Phi) is 5.40. The van der Waals surface area contributed by atoms with Gasteiger partial charge >= 0.3 is 0 Å². The maximum Gasteiger partial charge on any atom is 0.161 e. The fourth-order valence-corrected chi connectivity index (χ4v) is 7.69. The first-order valence-corrected chi connectivity index (χ1v) is 15.3. The van der Waals surface area contributed by atoms with Gasteiger partial charge in [-0.2, -0.15) is 0 Å². The molecule has 0 N–H and O–H groups in total. The van der Waals surface area contributed by atoms with E-state index in [9.17, 15) is 0 Å². The fourth-order valence-electron chi connectivity index (χ4n) is 6.46. The Morgan fingerprint density at radius 3 is 2.00 bits per heavy atom. The van der Waals surface area contributed by atoms with Crippen LogP contribution in [0.1, 0.15) is 0 Å². The second kappa shape index (κ2) is 9.59. The monoisotopic (exact) mass is 564 g/mol. The molecule has 200 valence electrons. The van der Waals surface area contributed by atoms with E-state index in [-0.39, 0.29) is 0 Å². The summed E-state index contributed by atoms with van der Waals surface area (Å²) in [5, 5.41) is 9.73. The van der Waals surface area contributed by atoms with Crippen molar-refractivity contribution in [3.8, 4) is 33.9 Å². The van der Waals surface area contributed by atoms with Crippen molar-refractivity contribution >= 4 is 63.8 Å². The van der Waals surface area contributed by atoms with Crippen LogP contribution in [0.25, 0.3) is 86.4 Å². The summed E-state index contributed by atoms with van der Waals surface area (Å²) in [7, 11) is 0. The molecule has 0 saturated carbocycles. The SMILES string of the molecule is c1ccc(-c2cc(-c3cccc4c3sc3ccccc34)nc(-c3c4ccccc4cc4c3ccc3ccccc34)n2)cc1. The first-order valence-electron chi connectivity index (χ1n) is 14.5. The third kappa shape index (κ3) is 3.86. The lowest BCUT2D eigenvalue weighted by Gasteiger charge is -2.15. The van der Waals surface area contributed by atoms with Crippen molar-refractivity contribution in [3.63, 3.8) is 0 Å². The molecule has 0 saturated heterocycles. The van der Waals surface area contributed by atoms with Crippen LogP contribution in [0.3, 0.4) is 0 Å². The Hall–Kier alpha value is -5.38. The van der Waals surface area contributed by atoms with E-state index in [1.165, 1.54) is 41.7 Å². The molecule has 9 rings (SSSR count). The van der Waals surface area contributed by atoms with Gasteiger partial charge in [-0.05, 0) is 50.5 Å². The standard InChI is InChI=1S/C40H24N2S/c1-2-12-26(13-3-1)35-24-36(33-19-10-18-32-30-17-8-9-20-37(30)43-39(32)33)42-40(41-35)38-29-16-7-5-14-27(29)23-34-28-15-6-4-11-25(28)21-22-31(34)38/h1-24H. The molecule has 0 atom stereocenters. The van der Waals surface area contributed by atoms with Crippen molar-refractivity contribution in [3.05, 3.63) is 146 Å². The molecule has 0 unspecified atom stereocenters. The highest BCUT2D eigenvalue weighted by Gasteiger charge is 2.19. The maximum atomic E-state index is 5.40. The van der Waals surface area contributed by atoms with Gasteiger partial charge in [0.25, 0.3) is 0 Å². The second-order valence-corrected chi connectivity index (χ2v) is 12.0. The minimum Gasteiger partial charge on any atom is -0.228 e. The quantitative estimate of drug-likeness (QED) is 0.158. The Labute approximate surface area is 252 Å². The summed E-state index contributed by atoms with van der Waals surface area (Å²) >= 11 is 1.83. The molecule has 0 aliphatic carbocycles. The van der Waals surface area contributed by atoms with Crippen molar-refractivity contribution in [1.82, 2.24) is 9.97 Å². The van der Waals surface area contributed by atoms with Gasteiger partial charge in [-0.1, -0.05) is 127 Å². The molecule has 9 aromatic rings. The van der Waals surface area contributed by atoms with Gasteiger partial charge in [-0.15, -0.1) is 11.3 Å². The van der Waals surface area contributed by atoms with E-state index >= 15 is 0 Å². The topological polar surface area (TPSA) is 25.8 Å². The lowest BCUT2D eigenvalue weighted by molar-refractivity contribution is 1.19. The largest absolute Gasteiger partial charge is 0.228 e. The Balaban J connectivity index is 1.40. The third-order valence-corrected chi connectivity index (χ3v) is 9.69. The summed E-state index contributed by atoms with van der Waals surface area (Å²) in [4.78, 5) is 10.7. The minimum atomic E-state index is 0.742. The molecule has 2 heterocycles. The smallest absolute Gasteiger partial charge is 0.161 e. The number of hydrogen-bond acceptors (Lipinski definition) is 3. The maximum absolute atomic E-state index is 5.40. The number of fused-ring (bicyclic) bond motifs is 7. The van der Waals surface area contributed by atoms with E-state index in [0.717, 1.165) is 44.7 Å². The number of rotatable bonds is 3. The fraction of sp³-hybridized carbons (Fsp3) is 0. The molecule has 0 amide bonds. The van der Waals surface area contributed by atoms with Gasteiger partial charge in [0.15, 0.2) is 5.82 Å². The van der Waals surface area contributed by atoms with Crippen molar-refractivity contribution in [1.29, 1.82) is 0 Å². The lowest BCUT2D eigenvalue weighted by atomic mass is 9.92. The highest BCUT2D eigenvalue weighted by Crippen LogP contribution is 2.42. The Bertz CT molecular complexity index is 2510. The highest BCUT2D eigenvalue weighted by molar-refractivity contribution is 7.26. The van der Waals surface area contributed by atoms with Crippen LogP contribution >= 0.6 is 11.3 Å². The second-order valence-electron chi connectivity index (χ2n) is 11.0. The molecule has 2 nitrogen and oxygen atoms in total. The van der Waals surface area contributed by atoms with Gasteiger partial charge in [0, 0.05) is 36.9 Å². The van der Waals surface area contributed by atoms with Gasteiger partial charge < -0.3 is 0 Å². The van der Waals surface area contributed by atoms with E-state index in [2.05, 4.69) is 140 Å². The van der Waals surface area contributed by atoms with E-state index in [1.54, 1.807) is 0 Å². The van der Waals surface area contributed by atoms with E-state index < -0.39 is 0 Å². The van der Waals surface area contributed by atoms with Gasteiger partial charge in [0.2, 0.25) is 0 Å². The average molecular weight is 565 g/mol. The molecule has 0 spiro atoms. The Morgan fingerprint density at radius 1 is 0.419 bits per heavy atom. The van der Waals surface area contributed by atoms with E-state index in [0.29, 0.717) is 0 Å². The molecule has 7 aromatic carbocycles. The van der Waals surface area contributed by atoms with Gasteiger partial charge in [-0.25, -0.2) is 9.97 Å². The van der Waals surface area contributed by atoms with Crippen LogP contribution in [-0.2, 0) is 0 Å². The van der Waals surface area contributed by atoms with Gasteiger partial charge in [0.1, 0.15) is 0 Å². The molecule has 0 radical (unpaired) electrons. The normalized spacial score (nSPS) is 11.7. The molecule has 43 heavy (non-hydrogen) atoms. The molecule has 0 bridgehead atoms. The highest BCUT2D eigenvalue weighted by atomic mass is 32.1.